The summed E-state index contributed by atoms with van der Waals surface area (Å²) < 4.78 is 0. The number of hydrogen-bond donors (Lipinski definition) is 3. The minimum atomic E-state index is -0.234. The van der Waals surface area contributed by atoms with E-state index in [1.807, 2.05) is 0 Å². The Morgan fingerprint density at radius 3 is 2.73 bits per heavy atom. The SMILES string of the molecule is CC(=O)NCCC(=O)Nc1n[nH]c(C)n1. The van der Waals surface area contributed by atoms with E-state index in [-0.39, 0.29) is 24.2 Å². The molecule has 0 aliphatic carbocycles. The fourth-order valence-corrected chi connectivity index (χ4v) is 0.938. The van der Waals surface area contributed by atoms with E-state index in [9.17, 15) is 9.59 Å². The fourth-order valence-electron chi connectivity index (χ4n) is 0.938. The van der Waals surface area contributed by atoms with E-state index in [1.54, 1.807) is 6.92 Å². The van der Waals surface area contributed by atoms with E-state index in [2.05, 4.69) is 25.8 Å². The first kappa shape index (κ1) is 11.2. The summed E-state index contributed by atoms with van der Waals surface area (Å²) in [6, 6.07) is 0. The Balaban J connectivity index is 2.27. The Hall–Kier alpha value is -1.92. The van der Waals surface area contributed by atoms with Crippen LogP contribution in [0.4, 0.5) is 5.95 Å². The van der Waals surface area contributed by atoms with Gasteiger partial charge in [0.05, 0.1) is 0 Å². The van der Waals surface area contributed by atoms with Crippen molar-refractivity contribution in [2.24, 2.45) is 0 Å². The van der Waals surface area contributed by atoms with Crippen LogP contribution in [0.1, 0.15) is 19.2 Å². The predicted molar refractivity (Wildman–Crippen MR) is 53.1 cm³/mol. The van der Waals surface area contributed by atoms with Gasteiger partial charge in [-0.25, -0.2) is 0 Å². The van der Waals surface area contributed by atoms with Crippen LogP contribution in [0.2, 0.25) is 0 Å². The largest absolute Gasteiger partial charge is 0.356 e. The van der Waals surface area contributed by atoms with Gasteiger partial charge in [-0.3, -0.25) is 20.0 Å². The molecule has 0 unspecified atom stereocenters. The summed E-state index contributed by atoms with van der Waals surface area (Å²) in [7, 11) is 0. The quantitative estimate of drug-likeness (QED) is 0.629. The third-order valence-corrected chi connectivity index (χ3v) is 1.57. The summed E-state index contributed by atoms with van der Waals surface area (Å²) in [4.78, 5) is 25.7. The van der Waals surface area contributed by atoms with Crippen molar-refractivity contribution in [2.75, 3.05) is 11.9 Å². The molecule has 82 valence electrons. The van der Waals surface area contributed by atoms with Crippen LogP contribution in [-0.4, -0.2) is 33.5 Å². The molecule has 0 aliphatic heterocycles. The Bertz CT molecular complexity index is 360. The summed E-state index contributed by atoms with van der Waals surface area (Å²) in [5, 5.41) is 11.4. The molecule has 3 N–H and O–H groups in total. The van der Waals surface area contributed by atoms with E-state index < -0.39 is 0 Å². The molecule has 0 saturated carbocycles. The van der Waals surface area contributed by atoms with Gasteiger partial charge < -0.3 is 5.32 Å². The lowest BCUT2D eigenvalue weighted by molar-refractivity contribution is -0.119. The fraction of sp³-hybridized carbons (Fsp3) is 0.500. The zero-order valence-electron chi connectivity index (χ0n) is 8.63. The van der Waals surface area contributed by atoms with Crippen LogP contribution in [0, 0.1) is 6.92 Å². The molecule has 0 saturated heterocycles. The number of rotatable bonds is 4. The summed E-state index contributed by atoms with van der Waals surface area (Å²) in [6.07, 6.45) is 0.202. The highest BCUT2D eigenvalue weighted by Gasteiger charge is 2.05. The zero-order valence-corrected chi connectivity index (χ0v) is 8.63. The van der Waals surface area contributed by atoms with Crippen LogP contribution in [0.5, 0.6) is 0 Å². The number of nitrogens with one attached hydrogen (secondary N) is 3. The van der Waals surface area contributed by atoms with E-state index in [0.717, 1.165) is 0 Å². The lowest BCUT2D eigenvalue weighted by atomic mass is 10.4. The summed E-state index contributed by atoms with van der Waals surface area (Å²) in [6.45, 7) is 3.45. The Morgan fingerprint density at radius 1 is 1.47 bits per heavy atom. The van der Waals surface area contributed by atoms with E-state index >= 15 is 0 Å². The van der Waals surface area contributed by atoms with Gasteiger partial charge in [-0.05, 0) is 6.92 Å². The standard InChI is InChI=1S/C8H13N5O2/c1-5-10-8(13-12-5)11-7(15)3-4-9-6(2)14/h3-4H2,1-2H3,(H,9,14)(H2,10,11,12,13,15). The normalized spacial score (nSPS) is 9.73. The van der Waals surface area contributed by atoms with Gasteiger partial charge >= 0.3 is 0 Å². The van der Waals surface area contributed by atoms with Crippen LogP contribution in [0.3, 0.4) is 0 Å². The number of aromatic nitrogens is 3. The minimum Gasteiger partial charge on any atom is -0.356 e. The highest BCUT2D eigenvalue weighted by atomic mass is 16.2. The molecule has 1 aromatic heterocycles. The van der Waals surface area contributed by atoms with Gasteiger partial charge in [-0.2, -0.15) is 4.98 Å². The van der Waals surface area contributed by atoms with Crippen molar-refractivity contribution in [3.05, 3.63) is 5.82 Å². The van der Waals surface area contributed by atoms with Crippen LogP contribution >= 0.6 is 0 Å². The van der Waals surface area contributed by atoms with Gasteiger partial charge in [0.1, 0.15) is 5.82 Å². The lowest BCUT2D eigenvalue weighted by Crippen LogP contribution is -2.25. The van der Waals surface area contributed by atoms with E-state index in [4.69, 9.17) is 0 Å². The highest BCUT2D eigenvalue weighted by Crippen LogP contribution is 1.97. The van der Waals surface area contributed by atoms with Gasteiger partial charge in [0.15, 0.2) is 0 Å². The number of amides is 2. The molecule has 0 bridgehead atoms. The third kappa shape index (κ3) is 4.21. The number of nitrogens with zero attached hydrogens (tertiary/aromatic N) is 2. The van der Waals surface area contributed by atoms with Gasteiger partial charge in [-0.15, -0.1) is 5.10 Å². The molecule has 2 amide bonds. The maximum absolute atomic E-state index is 11.2. The van der Waals surface area contributed by atoms with Gasteiger partial charge in [0, 0.05) is 19.9 Å². The number of anilines is 1. The van der Waals surface area contributed by atoms with Gasteiger partial charge in [0.2, 0.25) is 17.8 Å². The number of carbonyl (C=O) groups is 2. The Morgan fingerprint density at radius 2 is 2.20 bits per heavy atom. The molecule has 7 nitrogen and oxygen atoms in total. The first-order valence-corrected chi connectivity index (χ1v) is 4.51. The molecular weight excluding hydrogens is 198 g/mol. The third-order valence-electron chi connectivity index (χ3n) is 1.57. The molecule has 0 atom stereocenters. The van der Waals surface area contributed by atoms with E-state index in [0.29, 0.717) is 12.4 Å². The number of aromatic amines is 1. The summed E-state index contributed by atoms with van der Waals surface area (Å²) in [5.41, 5.74) is 0. The lowest BCUT2D eigenvalue weighted by Gasteiger charge is -2.01. The van der Waals surface area contributed by atoms with Crippen molar-refractivity contribution in [2.45, 2.75) is 20.3 Å². The number of hydrogen-bond acceptors (Lipinski definition) is 4. The predicted octanol–water partition coefficient (Wildman–Crippen LogP) is -0.422. The second-order valence-corrected chi connectivity index (χ2v) is 3.03. The van der Waals surface area contributed by atoms with Crippen molar-refractivity contribution in [1.29, 1.82) is 0 Å². The average Bonchev–Trinajstić information content (AvgIpc) is 2.50. The van der Waals surface area contributed by atoms with Crippen LogP contribution in [-0.2, 0) is 9.59 Å². The molecule has 0 aliphatic rings. The molecular formula is C8H13N5O2. The Labute approximate surface area is 86.7 Å². The van der Waals surface area contributed by atoms with Crippen LogP contribution < -0.4 is 10.6 Å². The van der Waals surface area contributed by atoms with Crippen molar-refractivity contribution in [3.63, 3.8) is 0 Å². The van der Waals surface area contributed by atoms with Crippen molar-refractivity contribution in [1.82, 2.24) is 20.5 Å². The minimum absolute atomic E-state index is 0.156. The van der Waals surface area contributed by atoms with Crippen molar-refractivity contribution >= 4 is 17.8 Å². The topological polar surface area (TPSA) is 99.8 Å². The number of aryl methyl sites for hydroxylation is 1. The molecule has 15 heavy (non-hydrogen) atoms. The van der Waals surface area contributed by atoms with Gasteiger partial charge in [0.25, 0.3) is 0 Å². The molecule has 7 heteroatoms. The van der Waals surface area contributed by atoms with Crippen LogP contribution in [0.15, 0.2) is 0 Å². The number of carbonyl (C=O) groups excluding carboxylic acids is 2. The first-order valence-electron chi connectivity index (χ1n) is 4.51. The second kappa shape index (κ2) is 5.08. The molecule has 0 aromatic carbocycles. The molecule has 1 heterocycles. The molecule has 0 spiro atoms. The van der Waals surface area contributed by atoms with Crippen molar-refractivity contribution in [3.8, 4) is 0 Å². The number of H-pyrrole nitrogens is 1. The smallest absolute Gasteiger partial charge is 0.248 e. The second-order valence-electron chi connectivity index (χ2n) is 3.03. The Kier molecular flexibility index (Phi) is 3.78. The summed E-state index contributed by atoms with van der Waals surface area (Å²) in [5.74, 6) is 0.492. The maximum Gasteiger partial charge on any atom is 0.248 e. The monoisotopic (exact) mass is 211 g/mol. The molecule has 0 radical (unpaired) electrons. The van der Waals surface area contributed by atoms with Crippen LogP contribution in [0.25, 0.3) is 0 Å². The maximum atomic E-state index is 11.2. The first-order chi connectivity index (χ1) is 7.08. The molecule has 1 rings (SSSR count). The van der Waals surface area contributed by atoms with Gasteiger partial charge in [-0.1, -0.05) is 0 Å². The molecule has 0 fully saturated rings. The molecule has 1 aromatic rings. The summed E-state index contributed by atoms with van der Waals surface area (Å²) >= 11 is 0. The van der Waals surface area contributed by atoms with Crippen molar-refractivity contribution < 1.29 is 9.59 Å². The average molecular weight is 211 g/mol. The zero-order chi connectivity index (χ0) is 11.3. The highest BCUT2D eigenvalue weighted by molar-refractivity contribution is 5.89. The van der Waals surface area contributed by atoms with E-state index in [1.165, 1.54) is 6.92 Å².